The molecular formula is C19H27O3W2-. The summed E-state index contributed by atoms with van der Waals surface area (Å²) in [6.45, 7) is 5.92. The SMILES string of the molecule is C.[CH2-]C1CCC(C(=O)OCC(=O)c2ccc(CC)cc2)CC1.[W].[W]. The van der Waals surface area contributed by atoms with Gasteiger partial charge in [-0.05, 0) is 24.8 Å². The van der Waals surface area contributed by atoms with Crippen LogP contribution in [0.2, 0.25) is 0 Å². The van der Waals surface area contributed by atoms with E-state index in [9.17, 15) is 9.59 Å². The second kappa shape index (κ2) is 13.0. The van der Waals surface area contributed by atoms with Crippen LogP contribution in [-0.4, -0.2) is 18.4 Å². The summed E-state index contributed by atoms with van der Waals surface area (Å²) in [6.07, 6.45) is 4.52. The predicted molar refractivity (Wildman–Crippen MR) is 88.6 cm³/mol. The number of Topliss-reactive ketones (excluding diaryl/α,β-unsaturated/α-hetero) is 1. The van der Waals surface area contributed by atoms with Gasteiger partial charge in [0.2, 0.25) is 0 Å². The van der Waals surface area contributed by atoms with E-state index in [1.165, 1.54) is 5.56 Å². The standard InChI is InChI=1S/C18H23O3.CH4.2W/c1-3-14-6-10-15(11-7-14)17(19)12-21-18(20)16-8-4-13(2)5-9-16;;;/h6-7,10-11,13,16H,2-5,8-9,12H2,1H3;1H4;;/q-1;;;. The summed E-state index contributed by atoms with van der Waals surface area (Å²) in [7, 11) is 0. The Kier molecular flexibility index (Phi) is 14.1. The fraction of sp³-hybridized carbons (Fsp3) is 0.526. The first-order valence-corrected chi connectivity index (χ1v) is 7.72. The van der Waals surface area contributed by atoms with Crippen LogP contribution in [0.15, 0.2) is 24.3 Å². The quantitative estimate of drug-likeness (QED) is 0.268. The maximum absolute atomic E-state index is 12.0. The molecular weight excluding hydrogens is 644 g/mol. The van der Waals surface area contributed by atoms with Gasteiger partial charge in [0.15, 0.2) is 12.4 Å². The Hall–Kier alpha value is -0.263. The van der Waals surface area contributed by atoms with E-state index in [1.54, 1.807) is 12.1 Å². The summed E-state index contributed by atoms with van der Waals surface area (Å²) in [6, 6.07) is 7.46. The van der Waals surface area contributed by atoms with Crippen molar-refractivity contribution >= 4 is 11.8 Å². The number of hydrogen-bond acceptors (Lipinski definition) is 3. The topological polar surface area (TPSA) is 43.4 Å². The number of carbonyl (C=O) groups is 2. The van der Waals surface area contributed by atoms with Gasteiger partial charge >= 0.3 is 5.97 Å². The largest absolute Gasteiger partial charge is 0.457 e. The molecule has 1 aromatic carbocycles. The summed E-state index contributed by atoms with van der Waals surface area (Å²) in [5.41, 5.74) is 1.79. The number of carbonyl (C=O) groups excluding carboxylic acids is 2. The van der Waals surface area contributed by atoms with Crippen molar-refractivity contribution in [3.8, 4) is 0 Å². The van der Waals surface area contributed by atoms with E-state index in [-0.39, 0.29) is 73.8 Å². The summed E-state index contributed by atoms with van der Waals surface area (Å²) >= 11 is 0. The summed E-state index contributed by atoms with van der Waals surface area (Å²) in [5, 5.41) is 0. The molecule has 1 aliphatic carbocycles. The number of ketones is 1. The van der Waals surface area contributed by atoms with Crippen LogP contribution in [0.4, 0.5) is 0 Å². The van der Waals surface area contributed by atoms with Gasteiger partial charge in [-0.25, -0.2) is 0 Å². The Morgan fingerprint density at radius 3 is 2.12 bits per heavy atom. The molecule has 0 N–H and O–H groups in total. The Morgan fingerprint density at radius 2 is 1.62 bits per heavy atom. The molecule has 24 heavy (non-hydrogen) atoms. The Morgan fingerprint density at radius 1 is 1.08 bits per heavy atom. The molecule has 0 aliphatic heterocycles. The molecule has 1 aromatic rings. The zero-order chi connectivity index (χ0) is 15.2. The van der Waals surface area contributed by atoms with Crippen LogP contribution >= 0.6 is 0 Å². The van der Waals surface area contributed by atoms with Crippen molar-refractivity contribution in [3.05, 3.63) is 42.3 Å². The van der Waals surface area contributed by atoms with Gasteiger partial charge in [-0.3, -0.25) is 9.59 Å². The first-order chi connectivity index (χ1) is 10.1. The molecule has 1 aliphatic rings. The fourth-order valence-corrected chi connectivity index (χ4v) is 2.66. The van der Waals surface area contributed by atoms with Gasteiger partial charge in [-0.2, -0.15) is 5.92 Å². The molecule has 0 spiro atoms. The van der Waals surface area contributed by atoms with Crippen molar-refractivity contribution in [1.82, 2.24) is 0 Å². The number of benzene rings is 1. The van der Waals surface area contributed by atoms with E-state index >= 15 is 0 Å². The van der Waals surface area contributed by atoms with Crippen LogP contribution in [0.25, 0.3) is 0 Å². The molecule has 5 heteroatoms. The summed E-state index contributed by atoms with van der Waals surface area (Å²) < 4.78 is 5.18. The Labute approximate surface area is 174 Å². The van der Waals surface area contributed by atoms with Crippen LogP contribution in [0.1, 0.15) is 56.0 Å². The molecule has 2 rings (SSSR count). The van der Waals surface area contributed by atoms with Crippen LogP contribution in [0, 0.1) is 18.8 Å². The molecule has 3 nitrogen and oxygen atoms in total. The van der Waals surface area contributed by atoms with E-state index in [2.05, 4.69) is 13.8 Å². The first-order valence-electron chi connectivity index (χ1n) is 7.72. The van der Waals surface area contributed by atoms with Gasteiger partial charge < -0.3 is 11.7 Å². The van der Waals surface area contributed by atoms with Crippen LogP contribution < -0.4 is 0 Å². The average Bonchev–Trinajstić information content (AvgIpc) is 2.53. The number of ether oxygens (including phenoxy) is 1. The maximum atomic E-state index is 12.0. The van der Waals surface area contributed by atoms with Crippen LogP contribution in [0.5, 0.6) is 0 Å². The first kappa shape index (κ1) is 26.0. The van der Waals surface area contributed by atoms with Crippen molar-refractivity contribution in [1.29, 1.82) is 0 Å². The molecule has 134 valence electrons. The van der Waals surface area contributed by atoms with Gasteiger partial charge in [0.25, 0.3) is 0 Å². The van der Waals surface area contributed by atoms with Gasteiger partial charge in [-0.1, -0.05) is 51.5 Å². The third kappa shape index (κ3) is 7.75. The molecule has 0 amide bonds. The number of aryl methyl sites for hydroxylation is 1. The van der Waals surface area contributed by atoms with Gasteiger partial charge in [0.1, 0.15) is 0 Å². The minimum Gasteiger partial charge on any atom is -0.457 e. The maximum Gasteiger partial charge on any atom is 0.309 e. The van der Waals surface area contributed by atoms with E-state index in [0.717, 1.165) is 32.1 Å². The van der Waals surface area contributed by atoms with Crippen LogP contribution in [0.3, 0.4) is 0 Å². The Balaban J connectivity index is 0. The van der Waals surface area contributed by atoms with Crippen molar-refractivity contribution in [2.45, 2.75) is 46.5 Å². The molecule has 0 heterocycles. The number of hydrogen-bond donors (Lipinski definition) is 0. The van der Waals surface area contributed by atoms with Gasteiger partial charge in [0.05, 0.1) is 5.92 Å². The number of esters is 1. The second-order valence-electron chi connectivity index (χ2n) is 5.80. The number of rotatable bonds is 5. The van der Waals surface area contributed by atoms with Gasteiger partial charge in [-0.15, -0.1) is 0 Å². The molecule has 0 unspecified atom stereocenters. The van der Waals surface area contributed by atoms with Crippen molar-refractivity contribution in [2.75, 3.05) is 6.61 Å². The van der Waals surface area contributed by atoms with Crippen molar-refractivity contribution < 1.29 is 56.5 Å². The van der Waals surface area contributed by atoms with Crippen molar-refractivity contribution in [2.24, 2.45) is 11.8 Å². The minimum atomic E-state index is -0.236. The van der Waals surface area contributed by atoms with E-state index < -0.39 is 0 Å². The third-order valence-corrected chi connectivity index (χ3v) is 4.21. The third-order valence-electron chi connectivity index (χ3n) is 4.21. The average molecular weight is 671 g/mol. The van der Waals surface area contributed by atoms with E-state index in [1.807, 2.05) is 12.1 Å². The van der Waals surface area contributed by atoms with Gasteiger partial charge in [0, 0.05) is 47.7 Å². The smallest absolute Gasteiger partial charge is 0.309 e. The molecule has 0 atom stereocenters. The molecule has 0 radical (unpaired) electrons. The van der Waals surface area contributed by atoms with Crippen LogP contribution in [-0.2, 0) is 58.1 Å². The zero-order valence-corrected chi connectivity index (χ0v) is 19.3. The van der Waals surface area contributed by atoms with E-state index in [0.29, 0.717) is 11.5 Å². The summed E-state index contributed by atoms with van der Waals surface area (Å²) in [5.74, 6) is 0.0169. The van der Waals surface area contributed by atoms with Crippen molar-refractivity contribution in [3.63, 3.8) is 0 Å². The molecule has 0 bridgehead atoms. The fourth-order valence-electron chi connectivity index (χ4n) is 2.66. The molecule has 1 saturated carbocycles. The predicted octanol–water partition coefficient (Wildman–Crippen LogP) is 4.25. The molecule has 0 aromatic heterocycles. The normalized spacial score (nSPS) is 19.1. The van der Waals surface area contributed by atoms with E-state index in [4.69, 9.17) is 4.74 Å². The molecule has 1 fully saturated rings. The Bertz CT molecular complexity index is 492. The zero-order valence-electron chi connectivity index (χ0n) is 13.5. The molecule has 0 saturated heterocycles. The summed E-state index contributed by atoms with van der Waals surface area (Å²) in [4.78, 5) is 23.9. The minimum absolute atomic E-state index is 0. The monoisotopic (exact) mass is 671 g/mol. The second-order valence-corrected chi connectivity index (χ2v) is 5.80.